The molecule has 3 heteroatoms. The van der Waals surface area contributed by atoms with E-state index in [-0.39, 0.29) is 0 Å². The summed E-state index contributed by atoms with van der Waals surface area (Å²) in [5.41, 5.74) is 4.97. The van der Waals surface area contributed by atoms with Gasteiger partial charge in [0.05, 0.1) is 19.8 Å². The van der Waals surface area contributed by atoms with Crippen molar-refractivity contribution >= 4 is 11.4 Å². The van der Waals surface area contributed by atoms with E-state index in [1.165, 1.54) is 16.2 Å². The van der Waals surface area contributed by atoms with Crippen molar-refractivity contribution in [3.63, 3.8) is 0 Å². The van der Waals surface area contributed by atoms with Crippen molar-refractivity contribution in [3.8, 4) is 0 Å². The lowest BCUT2D eigenvalue weighted by atomic mass is 9.92. The molecule has 0 saturated carbocycles. The van der Waals surface area contributed by atoms with E-state index in [1.54, 1.807) is 0 Å². The Hall–Kier alpha value is -2.65. The van der Waals surface area contributed by atoms with Gasteiger partial charge in [0.2, 0.25) is 0 Å². The highest BCUT2D eigenvalue weighted by Crippen LogP contribution is 2.35. The van der Waals surface area contributed by atoms with Crippen molar-refractivity contribution in [2.75, 3.05) is 26.0 Å². The quantitative estimate of drug-likeness (QED) is 0.881. The Bertz CT molecular complexity index is 851. The van der Waals surface area contributed by atoms with Gasteiger partial charge in [0.1, 0.15) is 6.04 Å². The zero-order chi connectivity index (χ0) is 18.8. The predicted octanol–water partition coefficient (Wildman–Crippen LogP) is 2.75. The molecule has 0 radical (unpaired) electrons. The zero-order valence-electron chi connectivity index (χ0n) is 16.3. The molecule has 1 heterocycles. The number of nitrogens with zero attached hydrogens (tertiary/aromatic N) is 2. The van der Waals surface area contributed by atoms with Crippen LogP contribution in [-0.4, -0.2) is 38.9 Å². The second-order valence-electron chi connectivity index (χ2n) is 7.81. The third kappa shape index (κ3) is 3.74. The Balaban J connectivity index is 1.41. The first-order valence-electron chi connectivity index (χ1n) is 9.73. The van der Waals surface area contributed by atoms with Crippen LogP contribution >= 0.6 is 0 Å². The molecule has 0 fully saturated rings. The number of para-hydroxylation sites is 1. The third-order valence-corrected chi connectivity index (χ3v) is 5.74. The fraction of sp³-hybridized carbons (Fsp3) is 0.292. The topological polar surface area (TPSA) is 20.0 Å². The van der Waals surface area contributed by atoms with Gasteiger partial charge >= 0.3 is 0 Å². The van der Waals surface area contributed by atoms with Gasteiger partial charge in [-0.25, -0.2) is 0 Å². The van der Waals surface area contributed by atoms with E-state index in [1.807, 2.05) is 6.20 Å². The summed E-state index contributed by atoms with van der Waals surface area (Å²) in [6.07, 6.45) is 20.7. The first-order valence-corrected chi connectivity index (χ1v) is 9.73. The molecule has 1 aliphatic heterocycles. The van der Waals surface area contributed by atoms with E-state index in [0.717, 1.165) is 17.7 Å². The number of benzene rings is 1. The second-order valence-corrected chi connectivity index (χ2v) is 7.81. The molecule has 1 aromatic rings. The number of anilines is 1. The van der Waals surface area contributed by atoms with Crippen LogP contribution in [0.15, 0.2) is 89.6 Å². The monoisotopic (exact) mass is 358 g/mol. The Kier molecular flexibility index (Phi) is 4.95. The fourth-order valence-corrected chi connectivity index (χ4v) is 4.01. The molecule has 2 aliphatic carbocycles. The van der Waals surface area contributed by atoms with E-state index in [0.29, 0.717) is 18.0 Å². The van der Waals surface area contributed by atoms with E-state index in [9.17, 15) is 0 Å². The van der Waals surface area contributed by atoms with E-state index >= 15 is 0 Å². The summed E-state index contributed by atoms with van der Waals surface area (Å²) in [7, 11) is 6.54. The molecule has 1 N–H and O–H groups in total. The number of hydrogen-bond acceptors (Lipinski definition) is 2. The minimum atomic E-state index is 0.423. The number of aliphatic imine (C=N–C) groups is 1. The van der Waals surface area contributed by atoms with Crippen LogP contribution in [0.2, 0.25) is 0 Å². The maximum Gasteiger partial charge on any atom is 0.125 e. The summed E-state index contributed by atoms with van der Waals surface area (Å²) in [4.78, 5) is 8.48. The number of allylic oxidation sites excluding steroid dienone is 5. The number of fused-ring (bicyclic) bond motifs is 1. The zero-order valence-corrected chi connectivity index (χ0v) is 16.3. The van der Waals surface area contributed by atoms with Gasteiger partial charge in [-0.2, -0.15) is 0 Å². The molecule has 1 aromatic carbocycles. The second kappa shape index (κ2) is 7.53. The molecule has 4 rings (SSSR count). The molecular formula is C24H28N3+. The maximum absolute atomic E-state index is 4.65. The maximum atomic E-state index is 4.65. The van der Waals surface area contributed by atoms with Crippen molar-refractivity contribution in [2.45, 2.75) is 18.5 Å². The highest BCUT2D eigenvalue weighted by molar-refractivity contribution is 6.05. The van der Waals surface area contributed by atoms with Crippen LogP contribution in [-0.2, 0) is 6.42 Å². The van der Waals surface area contributed by atoms with Crippen LogP contribution in [0.5, 0.6) is 0 Å². The number of hydrogen-bond donors (Lipinski definition) is 1. The van der Waals surface area contributed by atoms with Gasteiger partial charge < -0.3 is 9.80 Å². The molecule has 0 amide bonds. The molecule has 1 unspecified atom stereocenters. The number of rotatable bonds is 3. The molecule has 3 aliphatic rings. The molecule has 1 atom stereocenters. The fourth-order valence-electron chi connectivity index (χ4n) is 4.01. The molecule has 138 valence electrons. The summed E-state index contributed by atoms with van der Waals surface area (Å²) >= 11 is 0. The summed E-state index contributed by atoms with van der Waals surface area (Å²) in [6.45, 7) is 0. The van der Waals surface area contributed by atoms with Crippen LogP contribution in [0.3, 0.4) is 0 Å². The van der Waals surface area contributed by atoms with E-state index < -0.39 is 0 Å². The number of quaternary nitrogens is 1. The van der Waals surface area contributed by atoms with Gasteiger partial charge in [-0.05, 0) is 47.9 Å². The molecule has 0 bridgehead atoms. The summed E-state index contributed by atoms with van der Waals surface area (Å²) in [6, 6.07) is 9.67. The van der Waals surface area contributed by atoms with Gasteiger partial charge in [-0.1, -0.05) is 42.5 Å². The van der Waals surface area contributed by atoms with Crippen molar-refractivity contribution in [1.82, 2.24) is 0 Å². The Labute approximate surface area is 162 Å². The van der Waals surface area contributed by atoms with Crippen molar-refractivity contribution in [2.24, 2.45) is 10.9 Å². The standard InChI is InChI=1S/C24H27N3/c1-26(2)22-14-8-18(9-15-22)17-25-21-12-10-19(11-13-21)24-16-20-6-4-5-7-23(20)27(24)3/h4-15,17,19,22,24H,16H2,1-3H3/p+1. The summed E-state index contributed by atoms with van der Waals surface area (Å²) in [5.74, 6) is 0.423. The molecule has 27 heavy (non-hydrogen) atoms. The largest absolute Gasteiger partial charge is 0.370 e. The summed E-state index contributed by atoms with van der Waals surface area (Å²) < 4.78 is 0. The normalized spacial score (nSPS) is 26.1. The van der Waals surface area contributed by atoms with Crippen molar-refractivity contribution in [1.29, 1.82) is 0 Å². The smallest absolute Gasteiger partial charge is 0.125 e. The minimum Gasteiger partial charge on any atom is -0.370 e. The number of nitrogens with one attached hydrogen (secondary N) is 1. The van der Waals surface area contributed by atoms with Crippen LogP contribution in [0.1, 0.15) is 5.56 Å². The number of likely N-dealkylation sites (N-methyl/N-ethyl adjacent to an activating group) is 2. The lowest BCUT2D eigenvalue weighted by Gasteiger charge is -2.28. The predicted molar refractivity (Wildman–Crippen MR) is 115 cm³/mol. The van der Waals surface area contributed by atoms with E-state index in [4.69, 9.17) is 0 Å². The van der Waals surface area contributed by atoms with Crippen LogP contribution in [0.25, 0.3) is 0 Å². The van der Waals surface area contributed by atoms with Gasteiger partial charge in [0.15, 0.2) is 0 Å². The molecule has 3 nitrogen and oxygen atoms in total. The van der Waals surface area contributed by atoms with Gasteiger partial charge in [0.25, 0.3) is 0 Å². The first-order chi connectivity index (χ1) is 13.1. The first kappa shape index (κ1) is 17.7. The molecule has 0 aromatic heterocycles. The third-order valence-electron chi connectivity index (χ3n) is 5.74. The summed E-state index contributed by atoms with van der Waals surface area (Å²) in [5, 5.41) is 0. The molecule has 0 spiro atoms. The highest BCUT2D eigenvalue weighted by atomic mass is 15.2. The van der Waals surface area contributed by atoms with Gasteiger partial charge in [-0.15, -0.1) is 0 Å². The highest BCUT2D eigenvalue weighted by Gasteiger charge is 2.30. The van der Waals surface area contributed by atoms with E-state index in [2.05, 4.69) is 104 Å². The average Bonchev–Trinajstić information content (AvgIpc) is 3.04. The molecule has 0 saturated heterocycles. The Morgan fingerprint density at radius 3 is 2.37 bits per heavy atom. The lowest BCUT2D eigenvalue weighted by Crippen LogP contribution is -3.09. The van der Waals surface area contributed by atoms with Crippen LogP contribution in [0.4, 0.5) is 5.69 Å². The van der Waals surface area contributed by atoms with Crippen LogP contribution in [0, 0.1) is 5.92 Å². The van der Waals surface area contributed by atoms with Crippen molar-refractivity contribution < 1.29 is 4.90 Å². The van der Waals surface area contributed by atoms with Crippen molar-refractivity contribution in [3.05, 3.63) is 90.2 Å². The van der Waals surface area contributed by atoms with Crippen LogP contribution < -0.4 is 9.80 Å². The minimum absolute atomic E-state index is 0.423. The molecular weight excluding hydrogens is 330 g/mol. The average molecular weight is 359 g/mol. The Morgan fingerprint density at radius 1 is 1.00 bits per heavy atom. The lowest BCUT2D eigenvalue weighted by molar-refractivity contribution is -0.871. The van der Waals surface area contributed by atoms with Gasteiger partial charge in [0, 0.05) is 30.9 Å². The Morgan fingerprint density at radius 2 is 1.70 bits per heavy atom. The van der Waals surface area contributed by atoms with Gasteiger partial charge in [-0.3, -0.25) is 4.99 Å². The SMILES string of the molecule is CN1c2ccccc2CC1C1C=CC(=NC=C2C=CC([NH+](C)C)C=C2)C=C1.